The van der Waals surface area contributed by atoms with Crippen molar-refractivity contribution in [3.05, 3.63) is 41.5 Å². The van der Waals surface area contributed by atoms with E-state index < -0.39 is 5.97 Å². The number of hydrogen-bond acceptors (Lipinski definition) is 5. The molecule has 1 amide bonds. The number of amides is 1. The highest BCUT2D eigenvalue weighted by molar-refractivity contribution is 5.95. The molecule has 2 aromatic heterocycles. The van der Waals surface area contributed by atoms with E-state index in [9.17, 15) is 9.59 Å². The van der Waals surface area contributed by atoms with E-state index in [0.717, 1.165) is 0 Å². The van der Waals surface area contributed by atoms with E-state index in [4.69, 9.17) is 5.11 Å². The molecule has 2 aromatic rings. The minimum absolute atomic E-state index is 0.126. The van der Waals surface area contributed by atoms with Gasteiger partial charge >= 0.3 is 5.97 Å². The van der Waals surface area contributed by atoms with Crippen LogP contribution in [-0.2, 0) is 6.54 Å². The first-order valence-electron chi connectivity index (χ1n) is 5.91. The Morgan fingerprint density at radius 3 is 2.90 bits per heavy atom. The van der Waals surface area contributed by atoms with Gasteiger partial charge in [-0.05, 0) is 19.1 Å². The molecule has 0 spiro atoms. The molecule has 0 radical (unpaired) electrons. The zero-order valence-corrected chi connectivity index (χ0v) is 10.8. The molecule has 0 aliphatic heterocycles. The van der Waals surface area contributed by atoms with Crippen molar-refractivity contribution in [1.82, 2.24) is 25.3 Å². The molecule has 0 aliphatic rings. The Hall–Kier alpha value is -2.77. The first kappa shape index (κ1) is 13.7. The second-order valence-corrected chi connectivity index (χ2v) is 4.06. The molecule has 0 aliphatic carbocycles. The fraction of sp³-hybridized carbons (Fsp3) is 0.250. The van der Waals surface area contributed by atoms with Gasteiger partial charge in [0.05, 0.1) is 18.3 Å². The summed E-state index contributed by atoms with van der Waals surface area (Å²) in [5, 5.41) is 18.5. The quantitative estimate of drug-likeness (QED) is 0.801. The van der Waals surface area contributed by atoms with Crippen LogP contribution in [0.1, 0.15) is 26.5 Å². The number of carboxylic acids is 1. The highest BCUT2D eigenvalue weighted by atomic mass is 16.4. The minimum atomic E-state index is -1.13. The topological polar surface area (TPSA) is 110 Å². The second-order valence-electron chi connectivity index (χ2n) is 4.06. The smallest absolute Gasteiger partial charge is 0.358 e. The van der Waals surface area contributed by atoms with Crippen molar-refractivity contribution in [1.29, 1.82) is 0 Å². The molecule has 2 rings (SSSR count). The fourth-order valence-corrected chi connectivity index (χ4v) is 1.61. The van der Waals surface area contributed by atoms with Gasteiger partial charge in [0.15, 0.2) is 5.69 Å². The van der Waals surface area contributed by atoms with E-state index >= 15 is 0 Å². The normalized spacial score (nSPS) is 10.2. The van der Waals surface area contributed by atoms with Gasteiger partial charge in [-0.3, -0.25) is 9.78 Å². The Morgan fingerprint density at radius 1 is 1.45 bits per heavy atom. The average Bonchev–Trinajstić information content (AvgIpc) is 2.88. The van der Waals surface area contributed by atoms with Crippen LogP contribution in [0.2, 0.25) is 0 Å². The number of hydrogen-bond donors (Lipinski definition) is 2. The summed E-state index contributed by atoms with van der Waals surface area (Å²) in [5.74, 6) is -1.36. The zero-order valence-electron chi connectivity index (χ0n) is 10.8. The summed E-state index contributed by atoms with van der Waals surface area (Å²) >= 11 is 0. The second kappa shape index (κ2) is 5.91. The molecule has 0 saturated heterocycles. The van der Waals surface area contributed by atoms with Crippen molar-refractivity contribution in [3.8, 4) is 0 Å². The molecule has 104 valence electrons. The number of pyridine rings is 1. The number of aromatic nitrogens is 4. The Bertz CT molecular complexity index is 638. The molecular formula is C12H13N5O3. The van der Waals surface area contributed by atoms with Gasteiger partial charge in [-0.1, -0.05) is 5.21 Å². The average molecular weight is 275 g/mol. The van der Waals surface area contributed by atoms with Gasteiger partial charge in [0.1, 0.15) is 0 Å². The van der Waals surface area contributed by atoms with Gasteiger partial charge in [-0.25, -0.2) is 9.48 Å². The van der Waals surface area contributed by atoms with Gasteiger partial charge in [-0.2, -0.15) is 0 Å². The number of carbonyl (C=O) groups is 2. The Morgan fingerprint density at radius 2 is 2.25 bits per heavy atom. The lowest BCUT2D eigenvalue weighted by Gasteiger charge is -2.06. The van der Waals surface area contributed by atoms with Crippen molar-refractivity contribution in [2.75, 3.05) is 6.54 Å². The van der Waals surface area contributed by atoms with Crippen LogP contribution in [0.15, 0.2) is 24.5 Å². The summed E-state index contributed by atoms with van der Waals surface area (Å²) in [6, 6.07) is 3.38. The van der Waals surface area contributed by atoms with Crippen LogP contribution in [0.25, 0.3) is 0 Å². The van der Waals surface area contributed by atoms with Gasteiger partial charge in [0.2, 0.25) is 0 Å². The van der Waals surface area contributed by atoms with Crippen molar-refractivity contribution in [3.63, 3.8) is 0 Å². The lowest BCUT2D eigenvalue weighted by molar-refractivity contribution is 0.0690. The Labute approximate surface area is 114 Å². The first-order valence-corrected chi connectivity index (χ1v) is 5.91. The van der Waals surface area contributed by atoms with E-state index in [1.54, 1.807) is 25.3 Å². The van der Waals surface area contributed by atoms with Gasteiger partial charge in [-0.15, -0.1) is 5.10 Å². The molecular weight excluding hydrogens is 262 g/mol. The fourth-order valence-electron chi connectivity index (χ4n) is 1.61. The highest BCUT2D eigenvalue weighted by Gasteiger charge is 2.10. The Kier molecular flexibility index (Phi) is 4.04. The molecule has 2 heterocycles. The third kappa shape index (κ3) is 3.16. The summed E-state index contributed by atoms with van der Waals surface area (Å²) in [6.07, 6.45) is 2.93. The molecule has 8 nitrogen and oxygen atoms in total. The van der Waals surface area contributed by atoms with Crippen molar-refractivity contribution >= 4 is 11.9 Å². The van der Waals surface area contributed by atoms with E-state index in [1.807, 2.05) is 0 Å². The maximum atomic E-state index is 11.9. The maximum absolute atomic E-state index is 11.9. The maximum Gasteiger partial charge on any atom is 0.358 e. The number of nitrogens with one attached hydrogen (secondary N) is 1. The third-order valence-electron chi connectivity index (χ3n) is 2.64. The molecule has 0 aromatic carbocycles. The number of rotatable bonds is 5. The SMILES string of the molecule is Cc1ncccc1C(=O)NCCn1cc(C(=O)O)nn1. The molecule has 2 N–H and O–H groups in total. The molecule has 0 bridgehead atoms. The monoisotopic (exact) mass is 275 g/mol. The summed E-state index contributed by atoms with van der Waals surface area (Å²) in [4.78, 5) is 26.5. The molecule has 0 fully saturated rings. The van der Waals surface area contributed by atoms with Crippen molar-refractivity contribution in [2.24, 2.45) is 0 Å². The van der Waals surface area contributed by atoms with E-state index in [2.05, 4.69) is 20.6 Å². The molecule has 0 atom stereocenters. The molecule has 0 unspecified atom stereocenters. The van der Waals surface area contributed by atoms with Crippen molar-refractivity contribution in [2.45, 2.75) is 13.5 Å². The van der Waals surface area contributed by atoms with Crippen LogP contribution >= 0.6 is 0 Å². The molecule has 8 heteroatoms. The Balaban J connectivity index is 1.88. The number of aromatic carboxylic acids is 1. The van der Waals surface area contributed by atoms with Crippen molar-refractivity contribution < 1.29 is 14.7 Å². The summed E-state index contributed by atoms with van der Waals surface area (Å²) < 4.78 is 1.36. The number of carboxylic acid groups (broad SMARTS) is 1. The van der Waals surface area contributed by atoms with E-state index in [1.165, 1.54) is 10.9 Å². The lowest BCUT2D eigenvalue weighted by Crippen LogP contribution is -2.28. The van der Waals surface area contributed by atoms with Gasteiger partial charge in [0, 0.05) is 18.4 Å². The van der Waals surface area contributed by atoms with Gasteiger partial charge < -0.3 is 10.4 Å². The number of aryl methyl sites for hydroxylation is 1. The van der Waals surface area contributed by atoms with Gasteiger partial charge in [0.25, 0.3) is 5.91 Å². The summed E-state index contributed by atoms with van der Waals surface area (Å²) in [7, 11) is 0. The highest BCUT2D eigenvalue weighted by Crippen LogP contribution is 2.02. The van der Waals surface area contributed by atoms with E-state index in [-0.39, 0.29) is 11.6 Å². The van der Waals surface area contributed by atoms with Crippen LogP contribution in [0.4, 0.5) is 0 Å². The zero-order chi connectivity index (χ0) is 14.5. The van der Waals surface area contributed by atoms with Crippen LogP contribution < -0.4 is 5.32 Å². The predicted octanol–water partition coefficient (Wildman–Crippen LogP) is 0.110. The summed E-state index contributed by atoms with van der Waals surface area (Å²) in [6.45, 7) is 2.41. The lowest BCUT2D eigenvalue weighted by atomic mass is 10.2. The third-order valence-corrected chi connectivity index (χ3v) is 2.64. The predicted molar refractivity (Wildman–Crippen MR) is 68.3 cm³/mol. The minimum Gasteiger partial charge on any atom is -0.476 e. The summed E-state index contributed by atoms with van der Waals surface area (Å²) in [5.41, 5.74) is 1.04. The molecule has 0 saturated carbocycles. The first-order chi connectivity index (χ1) is 9.58. The van der Waals surface area contributed by atoms with E-state index in [0.29, 0.717) is 24.3 Å². The number of carbonyl (C=O) groups excluding carboxylic acids is 1. The van der Waals surface area contributed by atoms with Crippen LogP contribution in [0.5, 0.6) is 0 Å². The number of nitrogens with zero attached hydrogens (tertiary/aromatic N) is 4. The van der Waals surface area contributed by atoms with Crippen LogP contribution in [0, 0.1) is 6.92 Å². The van der Waals surface area contributed by atoms with Crippen LogP contribution in [-0.4, -0.2) is 43.5 Å². The largest absolute Gasteiger partial charge is 0.476 e. The standard InChI is InChI=1S/C12H13N5O3/c1-8-9(3-2-4-13-8)11(18)14-5-6-17-7-10(12(19)20)15-16-17/h2-4,7H,5-6H2,1H3,(H,14,18)(H,19,20). The van der Waals surface area contributed by atoms with Crippen LogP contribution in [0.3, 0.4) is 0 Å². The molecule has 20 heavy (non-hydrogen) atoms.